The Hall–Kier alpha value is -5.91. The van der Waals surface area contributed by atoms with Gasteiger partial charge in [0.2, 0.25) is 5.91 Å². The van der Waals surface area contributed by atoms with Crippen molar-refractivity contribution in [1.82, 2.24) is 5.32 Å². The number of nitrogens with one attached hydrogen (secondary N) is 3. The molecule has 3 amide bonds. The minimum atomic E-state index is -0.659. The number of amides is 3. The SMILES string of the molecule is COc1ccc(OC)c(/C=C(\NC(=O)c2ccccc2)C(=O)Nc2ccc(SC(C(=O)Nc3cc(Cl)c(OC)cc3OC)c3ccccc3)cc2)c1. The highest BCUT2D eigenvalue weighted by atomic mass is 35.5. The molecule has 1 atom stereocenters. The molecule has 0 bridgehead atoms. The summed E-state index contributed by atoms with van der Waals surface area (Å²) in [6.45, 7) is 0. The Morgan fingerprint density at radius 3 is 1.98 bits per heavy atom. The molecule has 0 saturated heterocycles. The van der Waals surface area contributed by atoms with E-state index in [2.05, 4.69) is 16.0 Å². The maximum atomic E-state index is 13.8. The van der Waals surface area contributed by atoms with Gasteiger partial charge in [0.15, 0.2) is 0 Å². The van der Waals surface area contributed by atoms with Gasteiger partial charge in [-0.2, -0.15) is 0 Å². The van der Waals surface area contributed by atoms with Crippen LogP contribution in [0.4, 0.5) is 11.4 Å². The van der Waals surface area contributed by atoms with E-state index in [0.717, 1.165) is 10.5 Å². The second kappa shape index (κ2) is 17.8. The molecule has 3 N–H and O–H groups in total. The van der Waals surface area contributed by atoms with Crippen LogP contribution in [0.3, 0.4) is 0 Å². The molecular formula is C40H36ClN3O7S. The molecule has 0 saturated carbocycles. The summed E-state index contributed by atoms with van der Waals surface area (Å²) >= 11 is 7.68. The lowest BCUT2D eigenvalue weighted by Gasteiger charge is -2.19. The van der Waals surface area contributed by atoms with Crippen LogP contribution in [0.2, 0.25) is 5.02 Å². The summed E-state index contributed by atoms with van der Waals surface area (Å²) in [4.78, 5) is 41.4. The number of hydrogen-bond acceptors (Lipinski definition) is 8. The fraction of sp³-hybridized carbons (Fsp3) is 0.125. The third-order valence-corrected chi connectivity index (χ3v) is 9.27. The van der Waals surface area contributed by atoms with Crippen molar-refractivity contribution >= 4 is 58.5 Å². The van der Waals surface area contributed by atoms with E-state index in [1.54, 1.807) is 84.9 Å². The van der Waals surface area contributed by atoms with Gasteiger partial charge in [-0.05, 0) is 72.3 Å². The molecule has 12 heteroatoms. The lowest BCUT2D eigenvalue weighted by molar-refractivity contribution is -0.116. The zero-order valence-corrected chi connectivity index (χ0v) is 30.3. The number of methoxy groups -OCH3 is 4. The highest BCUT2D eigenvalue weighted by Gasteiger charge is 2.24. The van der Waals surface area contributed by atoms with E-state index in [0.29, 0.717) is 50.5 Å². The number of benzene rings is 5. The molecule has 5 rings (SSSR count). The molecule has 0 aliphatic heterocycles. The number of rotatable bonds is 14. The van der Waals surface area contributed by atoms with Crippen LogP contribution in [0.15, 0.2) is 126 Å². The van der Waals surface area contributed by atoms with Crippen LogP contribution in [0.25, 0.3) is 6.08 Å². The summed E-state index contributed by atoms with van der Waals surface area (Å²) in [6.07, 6.45) is 1.52. The molecule has 0 heterocycles. The third kappa shape index (κ3) is 9.45. The van der Waals surface area contributed by atoms with Gasteiger partial charge in [-0.3, -0.25) is 14.4 Å². The molecule has 0 spiro atoms. The predicted molar refractivity (Wildman–Crippen MR) is 205 cm³/mol. The topological polar surface area (TPSA) is 124 Å². The Morgan fingerprint density at radius 1 is 0.692 bits per heavy atom. The van der Waals surface area contributed by atoms with Gasteiger partial charge in [0.05, 0.1) is 39.1 Å². The van der Waals surface area contributed by atoms with E-state index in [1.165, 1.54) is 46.3 Å². The van der Waals surface area contributed by atoms with Crippen molar-refractivity contribution in [1.29, 1.82) is 0 Å². The molecule has 0 aromatic heterocycles. The molecular weight excluding hydrogens is 702 g/mol. The lowest BCUT2D eigenvalue weighted by Crippen LogP contribution is -2.30. The van der Waals surface area contributed by atoms with Crippen molar-refractivity contribution in [3.63, 3.8) is 0 Å². The molecule has 5 aromatic rings. The van der Waals surface area contributed by atoms with Crippen molar-refractivity contribution in [2.75, 3.05) is 39.1 Å². The number of carbonyl (C=O) groups excluding carboxylic acids is 3. The monoisotopic (exact) mass is 737 g/mol. The molecule has 0 aliphatic carbocycles. The summed E-state index contributed by atoms with van der Waals surface area (Å²) in [5, 5.41) is 8.20. The molecule has 10 nitrogen and oxygen atoms in total. The smallest absolute Gasteiger partial charge is 0.272 e. The van der Waals surface area contributed by atoms with Crippen LogP contribution >= 0.6 is 23.4 Å². The number of ether oxygens (including phenoxy) is 4. The van der Waals surface area contributed by atoms with E-state index < -0.39 is 17.1 Å². The van der Waals surface area contributed by atoms with Crippen LogP contribution in [0.1, 0.15) is 26.7 Å². The second-order valence-electron chi connectivity index (χ2n) is 11.0. The lowest BCUT2D eigenvalue weighted by atomic mass is 10.1. The first-order valence-corrected chi connectivity index (χ1v) is 17.1. The molecule has 1 unspecified atom stereocenters. The first-order chi connectivity index (χ1) is 25.2. The largest absolute Gasteiger partial charge is 0.497 e. The van der Waals surface area contributed by atoms with E-state index >= 15 is 0 Å². The second-order valence-corrected chi connectivity index (χ2v) is 12.6. The summed E-state index contributed by atoms with van der Waals surface area (Å²) in [7, 11) is 6.04. The van der Waals surface area contributed by atoms with Gasteiger partial charge in [0, 0.05) is 27.8 Å². The fourth-order valence-corrected chi connectivity index (χ4v) is 6.32. The predicted octanol–water partition coefficient (Wildman–Crippen LogP) is 8.26. The maximum Gasteiger partial charge on any atom is 0.272 e. The van der Waals surface area contributed by atoms with Gasteiger partial charge >= 0.3 is 0 Å². The van der Waals surface area contributed by atoms with Crippen molar-refractivity contribution in [2.24, 2.45) is 0 Å². The van der Waals surface area contributed by atoms with Gasteiger partial charge in [-0.1, -0.05) is 60.1 Å². The number of halogens is 1. The Morgan fingerprint density at radius 2 is 1.35 bits per heavy atom. The van der Waals surface area contributed by atoms with E-state index in [-0.39, 0.29) is 11.6 Å². The molecule has 0 fully saturated rings. The molecule has 0 aliphatic rings. The number of thioether (sulfide) groups is 1. The highest BCUT2D eigenvalue weighted by molar-refractivity contribution is 8.00. The van der Waals surface area contributed by atoms with Gasteiger partial charge in [-0.15, -0.1) is 11.8 Å². The molecule has 52 heavy (non-hydrogen) atoms. The number of carbonyl (C=O) groups is 3. The number of hydrogen-bond donors (Lipinski definition) is 3. The van der Waals surface area contributed by atoms with Crippen LogP contribution in [0, 0.1) is 0 Å². The average molecular weight is 738 g/mol. The summed E-state index contributed by atoms with van der Waals surface area (Å²) in [5.74, 6) is 0.503. The minimum absolute atomic E-state index is 0.0197. The highest BCUT2D eigenvalue weighted by Crippen LogP contribution is 2.40. The van der Waals surface area contributed by atoms with E-state index in [1.807, 2.05) is 30.3 Å². The first kappa shape index (κ1) is 37.3. The van der Waals surface area contributed by atoms with Crippen molar-refractivity contribution in [3.8, 4) is 23.0 Å². The van der Waals surface area contributed by atoms with Crippen LogP contribution < -0.4 is 34.9 Å². The fourth-order valence-electron chi connectivity index (χ4n) is 5.06. The zero-order chi connectivity index (χ0) is 37.0. The Labute approximate surface area is 311 Å². The van der Waals surface area contributed by atoms with Gasteiger partial charge < -0.3 is 34.9 Å². The maximum absolute atomic E-state index is 13.8. The van der Waals surface area contributed by atoms with Gasteiger partial charge in [-0.25, -0.2) is 0 Å². The van der Waals surface area contributed by atoms with Crippen LogP contribution in [-0.2, 0) is 9.59 Å². The zero-order valence-electron chi connectivity index (χ0n) is 28.8. The number of anilines is 2. The van der Waals surface area contributed by atoms with E-state index in [9.17, 15) is 14.4 Å². The average Bonchev–Trinajstić information content (AvgIpc) is 3.17. The van der Waals surface area contributed by atoms with Crippen LogP contribution in [-0.4, -0.2) is 46.2 Å². The summed E-state index contributed by atoms with van der Waals surface area (Å²) < 4.78 is 21.6. The van der Waals surface area contributed by atoms with Crippen molar-refractivity contribution in [3.05, 3.63) is 143 Å². The Balaban J connectivity index is 1.38. The summed E-state index contributed by atoms with van der Waals surface area (Å²) in [6, 6.07) is 33.3. The van der Waals surface area contributed by atoms with Crippen LogP contribution in [0.5, 0.6) is 23.0 Å². The van der Waals surface area contributed by atoms with Crippen molar-refractivity contribution in [2.45, 2.75) is 10.1 Å². The molecule has 0 radical (unpaired) electrons. The first-order valence-electron chi connectivity index (χ1n) is 15.9. The molecule has 5 aromatic carbocycles. The Kier molecular flexibility index (Phi) is 12.8. The normalized spacial score (nSPS) is 11.5. The summed E-state index contributed by atoms with van der Waals surface area (Å²) in [5.41, 5.74) is 2.52. The Bertz CT molecular complexity index is 2060. The van der Waals surface area contributed by atoms with Crippen molar-refractivity contribution < 1.29 is 33.3 Å². The third-order valence-electron chi connectivity index (χ3n) is 7.70. The minimum Gasteiger partial charge on any atom is -0.497 e. The quantitative estimate of drug-likeness (QED) is 0.0769. The molecule has 266 valence electrons. The van der Waals surface area contributed by atoms with Gasteiger partial charge in [0.1, 0.15) is 33.9 Å². The van der Waals surface area contributed by atoms with Gasteiger partial charge in [0.25, 0.3) is 11.8 Å². The van der Waals surface area contributed by atoms with E-state index in [4.69, 9.17) is 30.5 Å². The standard InChI is InChI=1S/C40H36ClN3O7S/c1-48-29-17-20-34(49-2)27(21-29)22-33(44-38(45)26-13-9-6-10-14-26)39(46)42-28-15-18-30(19-16-28)52-37(25-11-7-5-8-12-25)40(47)43-32-23-31(41)35(50-3)24-36(32)51-4/h5-24,37H,1-4H3,(H,42,46)(H,43,47)(H,44,45)/b33-22-.